The van der Waals surface area contributed by atoms with Crippen LogP contribution < -0.4 is 4.74 Å². The van der Waals surface area contributed by atoms with E-state index in [9.17, 15) is 13.6 Å². The summed E-state index contributed by atoms with van der Waals surface area (Å²) in [6, 6.07) is 19.7. The summed E-state index contributed by atoms with van der Waals surface area (Å²) in [5, 5.41) is 4.64. The van der Waals surface area contributed by atoms with Gasteiger partial charge < -0.3 is 9.64 Å². The van der Waals surface area contributed by atoms with Crippen LogP contribution in [0.15, 0.2) is 72.8 Å². The molecule has 0 saturated heterocycles. The highest BCUT2D eigenvalue weighted by atomic mass is 19.1. The molecule has 7 heteroatoms. The van der Waals surface area contributed by atoms with Crippen LogP contribution in [0.5, 0.6) is 11.6 Å². The van der Waals surface area contributed by atoms with Gasteiger partial charge in [0.25, 0.3) is 5.91 Å². The molecule has 35 heavy (non-hydrogen) atoms. The molecule has 0 aliphatic heterocycles. The lowest BCUT2D eigenvalue weighted by molar-refractivity contribution is 0.0689. The summed E-state index contributed by atoms with van der Waals surface area (Å²) in [5.41, 5.74) is 3.61. The lowest BCUT2D eigenvalue weighted by Crippen LogP contribution is -2.36. The number of rotatable bonds is 7. The number of carbonyl (C=O) groups excluding carboxylic acids is 1. The maximum atomic E-state index is 14.5. The molecule has 4 aromatic rings. The first kappa shape index (κ1) is 24.1. The molecule has 3 aromatic carbocycles. The van der Waals surface area contributed by atoms with Crippen molar-refractivity contribution in [2.75, 3.05) is 0 Å². The molecule has 0 spiro atoms. The molecule has 1 aromatic heterocycles. The van der Waals surface area contributed by atoms with E-state index in [4.69, 9.17) is 4.74 Å². The molecule has 0 fully saturated rings. The predicted molar refractivity (Wildman–Crippen MR) is 131 cm³/mol. The van der Waals surface area contributed by atoms with Gasteiger partial charge in [-0.25, -0.2) is 13.5 Å². The first-order valence-electron chi connectivity index (χ1n) is 11.4. The molecule has 0 atom stereocenters. The third-order valence-corrected chi connectivity index (χ3v) is 5.75. The second kappa shape index (κ2) is 10.1. The number of aryl methyl sites for hydroxylation is 2. The smallest absolute Gasteiger partial charge is 0.254 e. The van der Waals surface area contributed by atoms with Gasteiger partial charge in [-0.1, -0.05) is 35.9 Å². The van der Waals surface area contributed by atoms with E-state index in [1.54, 1.807) is 21.7 Å². The van der Waals surface area contributed by atoms with Crippen LogP contribution in [0.1, 0.15) is 41.0 Å². The molecule has 0 N–H and O–H groups in total. The minimum atomic E-state index is -0.828. The van der Waals surface area contributed by atoms with E-state index in [-0.39, 0.29) is 30.1 Å². The molecule has 0 unspecified atom stereocenters. The summed E-state index contributed by atoms with van der Waals surface area (Å²) in [6.45, 7) is 7.85. The maximum absolute atomic E-state index is 14.5. The Morgan fingerprint density at radius 1 is 1.00 bits per heavy atom. The number of ether oxygens (including phenoxy) is 1. The average Bonchev–Trinajstić information content (AvgIpc) is 3.14. The zero-order valence-corrected chi connectivity index (χ0v) is 20.1. The van der Waals surface area contributed by atoms with E-state index in [0.717, 1.165) is 17.7 Å². The summed E-state index contributed by atoms with van der Waals surface area (Å²) in [7, 11) is 0. The standard InChI is InChI=1S/C28H27F2N3O2/c1-18(2)32(27(34)21-12-10-19(3)11-13-21)17-24-20(4)31-33(23-8-6-5-7-9-23)28(24)35-26-15-14-22(29)16-25(26)30/h5-16,18H,17H2,1-4H3. The minimum absolute atomic E-state index is 0.126. The van der Waals surface area contributed by atoms with E-state index >= 15 is 0 Å². The van der Waals surface area contributed by atoms with Gasteiger partial charge in [0.1, 0.15) is 5.82 Å². The Bertz CT molecular complexity index is 1330. The number of amides is 1. The highest BCUT2D eigenvalue weighted by molar-refractivity contribution is 5.94. The van der Waals surface area contributed by atoms with E-state index in [2.05, 4.69) is 5.10 Å². The van der Waals surface area contributed by atoms with Gasteiger partial charge >= 0.3 is 0 Å². The number of benzene rings is 3. The van der Waals surface area contributed by atoms with Crippen molar-refractivity contribution in [3.8, 4) is 17.3 Å². The molecular weight excluding hydrogens is 448 g/mol. The Balaban J connectivity index is 1.78. The fourth-order valence-corrected chi connectivity index (χ4v) is 3.75. The summed E-state index contributed by atoms with van der Waals surface area (Å²) in [5.74, 6) is -1.53. The van der Waals surface area contributed by atoms with Crippen molar-refractivity contribution in [3.63, 3.8) is 0 Å². The zero-order chi connectivity index (χ0) is 25.1. The summed E-state index contributed by atoms with van der Waals surface area (Å²) >= 11 is 0. The van der Waals surface area contributed by atoms with Crippen LogP contribution in [0, 0.1) is 25.5 Å². The van der Waals surface area contributed by atoms with Gasteiger partial charge in [0.2, 0.25) is 5.88 Å². The Hall–Kier alpha value is -4.00. The highest BCUT2D eigenvalue weighted by Crippen LogP contribution is 2.33. The highest BCUT2D eigenvalue weighted by Gasteiger charge is 2.26. The second-order valence-electron chi connectivity index (χ2n) is 8.69. The molecule has 1 amide bonds. The molecule has 0 aliphatic carbocycles. The van der Waals surface area contributed by atoms with Crippen molar-refractivity contribution in [3.05, 3.63) is 107 Å². The van der Waals surface area contributed by atoms with Crippen LogP contribution in [-0.4, -0.2) is 26.6 Å². The predicted octanol–water partition coefficient (Wildman–Crippen LogP) is 6.61. The van der Waals surface area contributed by atoms with Crippen LogP contribution in [0.2, 0.25) is 0 Å². The summed E-state index contributed by atoms with van der Waals surface area (Å²) < 4.78 is 35.6. The summed E-state index contributed by atoms with van der Waals surface area (Å²) in [6.07, 6.45) is 0. The first-order valence-corrected chi connectivity index (χ1v) is 11.4. The van der Waals surface area contributed by atoms with Gasteiger partial charge in [-0.15, -0.1) is 0 Å². The molecule has 0 radical (unpaired) electrons. The zero-order valence-electron chi connectivity index (χ0n) is 20.1. The van der Waals surface area contributed by atoms with Gasteiger partial charge in [-0.3, -0.25) is 4.79 Å². The number of halogens is 2. The lowest BCUT2D eigenvalue weighted by atomic mass is 10.1. The van der Waals surface area contributed by atoms with Crippen molar-refractivity contribution in [2.24, 2.45) is 0 Å². The largest absolute Gasteiger partial charge is 0.435 e. The van der Waals surface area contributed by atoms with E-state index in [1.807, 2.05) is 70.2 Å². The number of hydrogen-bond acceptors (Lipinski definition) is 3. The normalized spacial score (nSPS) is 11.1. The third-order valence-electron chi connectivity index (χ3n) is 5.75. The Morgan fingerprint density at radius 2 is 1.69 bits per heavy atom. The maximum Gasteiger partial charge on any atom is 0.254 e. The fraction of sp³-hybridized carbons (Fsp3) is 0.214. The molecule has 4 rings (SSSR count). The van der Waals surface area contributed by atoms with Crippen LogP contribution in [-0.2, 0) is 6.54 Å². The van der Waals surface area contributed by atoms with Crippen molar-refractivity contribution in [1.29, 1.82) is 0 Å². The SMILES string of the molecule is Cc1ccc(C(=O)N(Cc2c(C)nn(-c3ccccc3)c2Oc2ccc(F)cc2F)C(C)C)cc1. The van der Waals surface area contributed by atoms with E-state index in [1.165, 1.54) is 6.07 Å². The van der Waals surface area contributed by atoms with Crippen LogP contribution in [0.3, 0.4) is 0 Å². The second-order valence-corrected chi connectivity index (χ2v) is 8.69. The van der Waals surface area contributed by atoms with E-state index in [0.29, 0.717) is 22.5 Å². The molecule has 1 heterocycles. The number of carbonyl (C=O) groups is 1. The van der Waals surface area contributed by atoms with Crippen LogP contribution >= 0.6 is 0 Å². The topological polar surface area (TPSA) is 47.4 Å². The van der Waals surface area contributed by atoms with Crippen molar-refractivity contribution < 1.29 is 18.3 Å². The minimum Gasteiger partial charge on any atom is -0.435 e. The molecule has 0 saturated carbocycles. The van der Waals surface area contributed by atoms with Crippen molar-refractivity contribution in [1.82, 2.24) is 14.7 Å². The first-order chi connectivity index (χ1) is 16.7. The van der Waals surface area contributed by atoms with Crippen molar-refractivity contribution in [2.45, 2.75) is 40.3 Å². The molecular formula is C28H27F2N3O2. The van der Waals surface area contributed by atoms with Gasteiger partial charge in [0.05, 0.1) is 23.5 Å². The lowest BCUT2D eigenvalue weighted by Gasteiger charge is -2.27. The number of hydrogen-bond donors (Lipinski definition) is 0. The molecule has 5 nitrogen and oxygen atoms in total. The number of aromatic nitrogens is 2. The number of para-hydroxylation sites is 1. The third kappa shape index (κ3) is 5.24. The van der Waals surface area contributed by atoms with Crippen LogP contribution in [0.4, 0.5) is 8.78 Å². The Morgan fingerprint density at radius 3 is 2.31 bits per heavy atom. The Kier molecular flexibility index (Phi) is 6.96. The average molecular weight is 476 g/mol. The summed E-state index contributed by atoms with van der Waals surface area (Å²) in [4.78, 5) is 15.1. The van der Waals surface area contributed by atoms with Crippen LogP contribution in [0.25, 0.3) is 5.69 Å². The fourth-order valence-electron chi connectivity index (χ4n) is 3.75. The van der Waals surface area contributed by atoms with Gasteiger partial charge in [0, 0.05) is 17.7 Å². The van der Waals surface area contributed by atoms with Gasteiger partial charge in [-0.05, 0) is 64.1 Å². The molecule has 0 bridgehead atoms. The number of nitrogens with zero attached hydrogens (tertiary/aromatic N) is 3. The van der Waals surface area contributed by atoms with Gasteiger partial charge in [0.15, 0.2) is 11.6 Å². The quantitative estimate of drug-likeness (QED) is 0.302. The van der Waals surface area contributed by atoms with Gasteiger partial charge in [-0.2, -0.15) is 5.10 Å². The van der Waals surface area contributed by atoms with Crippen molar-refractivity contribution >= 4 is 5.91 Å². The monoisotopic (exact) mass is 475 g/mol. The molecule has 180 valence electrons. The molecule has 0 aliphatic rings. The Labute approximate surface area is 203 Å². The van der Waals surface area contributed by atoms with E-state index < -0.39 is 11.6 Å².